The summed E-state index contributed by atoms with van der Waals surface area (Å²) < 4.78 is 16.2. The van der Waals surface area contributed by atoms with E-state index >= 15 is 0 Å². The summed E-state index contributed by atoms with van der Waals surface area (Å²) in [5, 5.41) is 10.6. The molecule has 0 saturated carbocycles. The molecule has 0 radical (unpaired) electrons. The van der Waals surface area contributed by atoms with Crippen molar-refractivity contribution in [2.24, 2.45) is 0 Å². The first kappa shape index (κ1) is 19.5. The predicted octanol–water partition coefficient (Wildman–Crippen LogP) is -2.98. The number of nitrogens with one attached hydrogen (secondary N) is 1. The van der Waals surface area contributed by atoms with E-state index in [1.165, 1.54) is 4.90 Å². The van der Waals surface area contributed by atoms with Crippen LogP contribution in [0.3, 0.4) is 0 Å². The Morgan fingerprint density at radius 2 is 1.86 bits per heavy atom. The molecule has 0 spiro atoms. The number of aliphatic hydroxyl groups excluding tert-OH is 1. The Bertz CT molecular complexity index is 399. The third-order valence-corrected chi connectivity index (χ3v) is 3.60. The van der Waals surface area contributed by atoms with E-state index < -0.39 is 6.10 Å². The minimum atomic E-state index is -0.436. The van der Waals surface area contributed by atoms with Gasteiger partial charge in [-0.25, -0.2) is 0 Å². The van der Waals surface area contributed by atoms with Crippen LogP contribution >= 0.6 is 11.6 Å². The van der Waals surface area contributed by atoms with Crippen molar-refractivity contribution in [3.63, 3.8) is 0 Å². The van der Waals surface area contributed by atoms with Crippen LogP contribution in [0.5, 0.6) is 5.75 Å². The van der Waals surface area contributed by atoms with Gasteiger partial charge in [-0.15, -0.1) is 0 Å². The number of rotatable bonds is 8. The highest BCUT2D eigenvalue weighted by molar-refractivity contribution is 6.30. The van der Waals surface area contributed by atoms with E-state index in [-0.39, 0.29) is 12.4 Å². The standard InChI is InChI=1S/C15H22ClNO4.ClH/c16-13-1-3-15(4-2-13)21-10-9-20-12-14(18)11-17-5-7-19-8-6-17;/h1-4,14,18H,5-12H2;1H. The molecule has 1 aromatic carbocycles. The topological polar surface area (TPSA) is 52.4 Å². The van der Waals surface area contributed by atoms with E-state index in [2.05, 4.69) is 0 Å². The smallest absolute Gasteiger partial charge is 0.126 e. The van der Waals surface area contributed by atoms with Gasteiger partial charge in [0.1, 0.15) is 38.1 Å². The molecule has 0 aromatic heterocycles. The number of hydrogen-bond donors (Lipinski definition) is 2. The van der Waals surface area contributed by atoms with Crippen LogP contribution in [0.15, 0.2) is 24.3 Å². The second-order valence-corrected chi connectivity index (χ2v) is 5.53. The number of benzene rings is 1. The van der Waals surface area contributed by atoms with Crippen LogP contribution in [0, 0.1) is 0 Å². The Balaban J connectivity index is 0.00000242. The lowest BCUT2D eigenvalue weighted by molar-refractivity contribution is -0.911. The summed E-state index contributed by atoms with van der Waals surface area (Å²) in [5.41, 5.74) is 0. The molecule has 1 atom stereocenters. The number of morpholine rings is 1. The van der Waals surface area contributed by atoms with Gasteiger partial charge in [0.2, 0.25) is 0 Å². The second-order valence-electron chi connectivity index (χ2n) is 5.10. The lowest BCUT2D eigenvalue weighted by Crippen LogP contribution is -3.15. The average Bonchev–Trinajstić information content (AvgIpc) is 2.50. The molecular formula is C15H23Cl2NO4. The van der Waals surface area contributed by atoms with Gasteiger partial charge in [-0.05, 0) is 24.3 Å². The fourth-order valence-corrected chi connectivity index (χ4v) is 2.35. The Kier molecular flexibility index (Phi) is 9.79. The van der Waals surface area contributed by atoms with Crippen molar-refractivity contribution >= 4 is 11.6 Å². The summed E-state index contributed by atoms with van der Waals surface area (Å²) in [7, 11) is 0. The molecule has 2 N–H and O–H groups in total. The van der Waals surface area contributed by atoms with Crippen LogP contribution < -0.4 is 22.0 Å². The quantitative estimate of drug-likeness (QED) is 0.491. The van der Waals surface area contributed by atoms with Gasteiger partial charge in [-0.3, -0.25) is 0 Å². The fraction of sp³-hybridized carbons (Fsp3) is 0.600. The Hall–Kier alpha value is -0.560. The van der Waals surface area contributed by atoms with Crippen molar-refractivity contribution in [3.8, 4) is 5.75 Å². The van der Waals surface area contributed by atoms with Gasteiger partial charge in [-0.1, -0.05) is 11.6 Å². The van der Waals surface area contributed by atoms with Crippen LogP contribution in [0.25, 0.3) is 0 Å². The minimum absolute atomic E-state index is 0. The number of ether oxygens (including phenoxy) is 3. The fourth-order valence-electron chi connectivity index (χ4n) is 2.22. The van der Waals surface area contributed by atoms with Crippen LogP contribution in [-0.4, -0.2) is 63.9 Å². The van der Waals surface area contributed by atoms with Gasteiger partial charge in [0.15, 0.2) is 0 Å². The van der Waals surface area contributed by atoms with Crippen LogP contribution in [0.1, 0.15) is 0 Å². The maximum absolute atomic E-state index is 9.91. The molecule has 0 amide bonds. The third-order valence-electron chi connectivity index (χ3n) is 3.34. The molecule has 1 unspecified atom stereocenters. The zero-order valence-corrected chi connectivity index (χ0v) is 14.0. The van der Waals surface area contributed by atoms with Gasteiger partial charge in [-0.2, -0.15) is 0 Å². The van der Waals surface area contributed by atoms with Crippen molar-refractivity contribution in [2.75, 3.05) is 52.7 Å². The van der Waals surface area contributed by atoms with Crippen molar-refractivity contribution < 1.29 is 36.6 Å². The van der Waals surface area contributed by atoms with Crippen molar-refractivity contribution in [2.45, 2.75) is 6.10 Å². The molecule has 1 aromatic rings. The lowest BCUT2D eigenvalue weighted by atomic mass is 10.3. The maximum Gasteiger partial charge on any atom is 0.126 e. The molecular weight excluding hydrogens is 329 g/mol. The molecule has 1 fully saturated rings. The van der Waals surface area contributed by atoms with E-state index in [1.807, 2.05) is 12.1 Å². The van der Waals surface area contributed by atoms with Crippen molar-refractivity contribution in [3.05, 3.63) is 29.3 Å². The number of halogens is 2. The normalized spacial score (nSPS) is 16.8. The second kappa shape index (κ2) is 11.0. The van der Waals surface area contributed by atoms with Crippen LogP contribution in [0.2, 0.25) is 5.02 Å². The summed E-state index contributed by atoms with van der Waals surface area (Å²) in [6.07, 6.45) is -0.436. The van der Waals surface area contributed by atoms with Crippen LogP contribution in [-0.2, 0) is 9.47 Å². The minimum Gasteiger partial charge on any atom is -1.00 e. The number of quaternary nitrogens is 1. The average molecular weight is 352 g/mol. The first-order valence-electron chi connectivity index (χ1n) is 7.29. The SMILES string of the molecule is OC(COCCOc1ccc(Cl)cc1)C[NH+]1CCOCC1.[Cl-]. The first-order valence-corrected chi connectivity index (χ1v) is 7.67. The van der Waals surface area contributed by atoms with E-state index in [9.17, 15) is 5.11 Å². The Labute approximate surface area is 142 Å². The van der Waals surface area contributed by atoms with E-state index in [0.29, 0.717) is 31.4 Å². The van der Waals surface area contributed by atoms with Gasteiger partial charge in [0.05, 0.1) is 26.4 Å². The largest absolute Gasteiger partial charge is 1.00 e. The Morgan fingerprint density at radius 3 is 2.55 bits per heavy atom. The summed E-state index contributed by atoms with van der Waals surface area (Å²) in [6, 6.07) is 7.21. The molecule has 126 valence electrons. The monoisotopic (exact) mass is 351 g/mol. The highest BCUT2D eigenvalue weighted by atomic mass is 35.5. The highest BCUT2D eigenvalue weighted by Gasteiger charge is 2.18. The van der Waals surface area contributed by atoms with Crippen molar-refractivity contribution in [1.82, 2.24) is 0 Å². The zero-order valence-electron chi connectivity index (χ0n) is 12.5. The molecule has 1 heterocycles. The summed E-state index contributed by atoms with van der Waals surface area (Å²) in [4.78, 5) is 1.37. The van der Waals surface area contributed by atoms with Gasteiger partial charge in [0.25, 0.3) is 0 Å². The molecule has 1 aliphatic rings. The maximum atomic E-state index is 9.91. The molecule has 0 aliphatic carbocycles. The molecule has 1 saturated heterocycles. The Morgan fingerprint density at radius 1 is 1.18 bits per heavy atom. The van der Waals surface area contributed by atoms with Crippen LogP contribution in [0.4, 0.5) is 0 Å². The highest BCUT2D eigenvalue weighted by Crippen LogP contribution is 2.15. The third kappa shape index (κ3) is 7.63. The number of aliphatic hydroxyl groups is 1. The molecule has 5 nitrogen and oxygen atoms in total. The van der Waals surface area contributed by atoms with E-state index in [4.69, 9.17) is 25.8 Å². The molecule has 0 bridgehead atoms. The van der Waals surface area contributed by atoms with E-state index in [1.54, 1.807) is 12.1 Å². The van der Waals surface area contributed by atoms with Gasteiger partial charge < -0.3 is 36.6 Å². The molecule has 22 heavy (non-hydrogen) atoms. The lowest BCUT2D eigenvalue weighted by Gasteiger charge is -2.25. The summed E-state index contributed by atoms with van der Waals surface area (Å²) >= 11 is 5.79. The summed E-state index contributed by atoms with van der Waals surface area (Å²) in [6.45, 7) is 5.43. The molecule has 2 rings (SSSR count). The molecule has 1 aliphatic heterocycles. The predicted molar refractivity (Wildman–Crippen MR) is 80.2 cm³/mol. The first-order chi connectivity index (χ1) is 10.2. The van der Waals surface area contributed by atoms with Crippen molar-refractivity contribution in [1.29, 1.82) is 0 Å². The van der Waals surface area contributed by atoms with Gasteiger partial charge >= 0.3 is 0 Å². The number of hydrogen-bond acceptors (Lipinski definition) is 4. The molecule has 7 heteroatoms. The van der Waals surface area contributed by atoms with Gasteiger partial charge in [0, 0.05) is 5.02 Å². The van der Waals surface area contributed by atoms with E-state index in [0.717, 1.165) is 32.1 Å². The summed E-state index contributed by atoms with van der Waals surface area (Å²) in [5.74, 6) is 0.765. The zero-order chi connectivity index (χ0) is 14.9.